The van der Waals surface area contributed by atoms with Gasteiger partial charge in [0.05, 0.1) is 18.6 Å². The lowest BCUT2D eigenvalue weighted by Gasteiger charge is -2.36. The summed E-state index contributed by atoms with van der Waals surface area (Å²) in [6.07, 6.45) is 7.75. The standard InChI is InChI=1S/C42H38O4/c1-3-5-14-30(4-2)36-29-32(23-24-40(36)45-27-25-43)42(37-20-11-9-17-34(37)35-18-10-12-21-38(35)42)39-22-13-19-33(41(39)46-28-26-44)31-15-7-6-8-16-31/h3-24,29,43-44H,1,25-28H2,2H3/b14-5-,30-4+. The lowest BCUT2D eigenvalue weighted by molar-refractivity contribution is 0.200. The van der Waals surface area contributed by atoms with Gasteiger partial charge in [-0.25, -0.2) is 0 Å². The van der Waals surface area contributed by atoms with E-state index in [9.17, 15) is 10.2 Å². The molecule has 0 bridgehead atoms. The Kier molecular flexibility index (Phi) is 9.30. The van der Waals surface area contributed by atoms with Gasteiger partial charge in [0.15, 0.2) is 0 Å². The Hall–Kier alpha value is -5.16. The van der Waals surface area contributed by atoms with Gasteiger partial charge in [-0.15, -0.1) is 0 Å². The van der Waals surface area contributed by atoms with Crippen LogP contribution in [0, 0.1) is 0 Å². The number of aliphatic hydroxyl groups is 2. The smallest absolute Gasteiger partial charge is 0.132 e. The first kappa shape index (κ1) is 30.8. The predicted octanol–water partition coefficient (Wildman–Crippen LogP) is 8.60. The summed E-state index contributed by atoms with van der Waals surface area (Å²) in [4.78, 5) is 0. The van der Waals surface area contributed by atoms with Crippen LogP contribution in [0.2, 0.25) is 0 Å². The molecule has 1 aliphatic rings. The van der Waals surface area contributed by atoms with Crippen molar-refractivity contribution in [2.24, 2.45) is 0 Å². The SMILES string of the molecule is C=C/C=C\C(=C/C)c1cc(C2(c3cccc(-c4ccccc4)c3OCCO)c3ccccc3-c3ccccc32)ccc1OCCO. The Balaban J connectivity index is 1.74. The van der Waals surface area contributed by atoms with E-state index in [-0.39, 0.29) is 26.4 Å². The number of aliphatic hydroxyl groups excluding tert-OH is 2. The van der Waals surface area contributed by atoms with Crippen LogP contribution in [0.4, 0.5) is 0 Å². The van der Waals surface area contributed by atoms with E-state index in [1.165, 1.54) is 0 Å². The van der Waals surface area contributed by atoms with Gasteiger partial charge in [-0.05, 0) is 58.0 Å². The van der Waals surface area contributed by atoms with Gasteiger partial charge in [-0.1, -0.05) is 134 Å². The predicted molar refractivity (Wildman–Crippen MR) is 187 cm³/mol. The molecule has 5 aromatic rings. The molecule has 0 spiro atoms. The number of hydrogen-bond acceptors (Lipinski definition) is 4. The van der Waals surface area contributed by atoms with Gasteiger partial charge >= 0.3 is 0 Å². The fraction of sp³-hybridized carbons (Fsp3) is 0.143. The molecule has 0 atom stereocenters. The fourth-order valence-corrected chi connectivity index (χ4v) is 6.76. The molecular formula is C42H38O4. The molecule has 6 rings (SSSR count). The fourth-order valence-electron chi connectivity index (χ4n) is 6.76. The monoisotopic (exact) mass is 606 g/mol. The molecule has 1 aliphatic carbocycles. The Morgan fingerprint density at radius 2 is 1.30 bits per heavy atom. The van der Waals surface area contributed by atoms with Crippen molar-refractivity contribution in [3.63, 3.8) is 0 Å². The van der Waals surface area contributed by atoms with Crippen LogP contribution < -0.4 is 9.47 Å². The van der Waals surface area contributed by atoms with Crippen LogP contribution in [0.5, 0.6) is 11.5 Å². The van der Waals surface area contributed by atoms with Crippen molar-refractivity contribution in [1.29, 1.82) is 0 Å². The van der Waals surface area contributed by atoms with Crippen LogP contribution in [-0.4, -0.2) is 36.6 Å². The highest BCUT2D eigenvalue weighted by molar-refractivity contribution is 5.89. The molecule has 230 valence electrons. The van der Waals surface area contributed by atoms with Crippen molar-refractivity contribution >= 4 is 5.57 Å². The van der Waals surface area contributed by atoms with Gasteiger partial charge in [0, 0.05) is 16.7 Å². The van der Waals surface area contributed by atoms with Crippen LogP contribution in [-0.2, 0) is 5.41 Å². The average Bonchev–Trinajstić information content (AvgIpc) is 3.41. The molecule has 4 heteroatoms. The zero-order valence-electron chi connectivity index (χ0n) is 26.0. The summed E-state index contributed by atoms with van der Waals surface area (Å²) in [6, 6.07) is 40.1. The van der Waals surface area contributed by atoms with E-state index >= 15 is 0 Å². The number of fused-ring (bicyclic) bond motifs is 3. The second kappa shape index (κ2) is 13.9. The number of rotatable bonds is 12. The molecule has 46 heavy (non-hydrogen) atoms. The van der Waals surface area contributed by atoms with Gasteiger partial charge in [0.25, 0.3) is 0 Å². The van der Waals surface area contributed by atoms with Crippen LogP contribution in [0.25, 0.3) is 27.8 Å². The summed E-state index contributed by atoms with van der Waals surface area (Å²) in [7, 11) is 0. The zero-order valence-corrected chi connectivity index (χ0v) is 26.0. The van der Waals surface area contributed by atoms with E-state index in [4.69, 9.17) is 9.47 Å². The van der Waals surface area contributed by atoms with E-state index in [2.05, 4.69) is 104 Å². The summed E-state index contributed by atoms with van der Waals surface area (Å²) < 4.78 is 12.6. The molecule has 0 fully saturated rings. The van der Waals surface area contributed by atoms with Gasteiger partial charge in [0.1, 0.15) is 24.7 Å². The highest BCUT2D eigenvalue weighted by atomic mass is 16.5. The largest absolute Gasteiger partial charge is 0.491 e. The lowest BCUT2D eigenvalue weighted by atomic mass is 9.66. The normalized spacial score (nSPS) is 13.3. The minimum Gasteiger partial charge on any atom is -0.491 e. The van der Waals surface area contributed by atoms with Gasteiger partial charge in [-0.2, -0.15) is 0 Å². The van der Waals surface area contributed by atoms with E-state index in [1.807, 2.05) is 43.3 Å². The number of para-hydroxylation sites is 1. The van der Waals surface area contributed by atoms with Crippen LogP contribution in [0.15, 0.2) is 146 Å². The van der Waals surface area contributed by atoms with Gasteiger partial charge in [0.2, 0.25) is 0 Å². The summed E-state index contributed by atoms with van der Waals surface area (Å²) >= 11 is 0. The molecule has 2 N–H and O–H groups in total. The Morgan fingerprint density at radius 1 is 0.696 bits per heavy atom. The van der Waals surface area contributed by atoms with E-state index in [0.717, 1.165) is 61.4 Å². The van der Waals surface area contributed by atoms with Crippen molar-refractivity contribution < 1.29 is 19.7 Å². The minimum atomic E-state index is -0.770. The molecule has 0 saturated heterocycles. The number of ether oxygens (including phenoxy) is 2. The van der Waals surface area contributed by atoms with E-state index in [1.54, 1.807) is 6.08 Å². The third kappa shape index (κ3) is 5.36. The van der Waals surface area contributed by atoms with Crippen molar-refractivity contribution in [1.82, 2.24) is 0 Å². The first-order chi connectivity index (χ1) is 22.7. The molecule has 0 aliphatic heterocycles. The van der Waals surface area contributed by atoms with Crippen molar-refractivity contribution in [3.8, 4) is 33.8 Å². The van der Waals surface area contributed by atoms with E-state index in [0.29, 0.717) is 5.75 Å². The number of benzene rings is 5. The second-order valence-electron chi connectivity index (χ2n) is 11.1. The first-order valence-corrected chi connectivity index (χ1v) is 15.6. The highest BCUT2D eigenvalue weighted by Crippen LogP contribution is 2.59. The van der Waals surface area contributed by atoms with E-state index < -0.39 is 5.41 Å². The average molecular weight is 607 g/mol. The molecule has 0 radical (unpaired) electrons. The Bertz CT molecular complexity index is 1860. The Morgan fingerprint density at radius 3 is 1.96 bits per heavy atom. The minimum absolute atomic E-state index is 0.0859. The number of hydrogen-bond donors (Lipinski definition) is 2. The molecule has 0 aromatic heterocycles. The maximum Gasteiger partial charge on any atom is 0.132 e. The van der Waals surface area contributed by atoms with Crippen molar-refractivity contribution in [2.75, 3.05) is 26.4 Å². The van der Waals surface area contributed by atoms with Crippen LogP contribution in [0.1, 0.15) is 34.7 Å². The molecule has 0 saturated carbocycles. The summed E-state index contributed by atoms with van der Waals surface area (Å²) in [5, 5.41) is 19.6. The molecular weight excluding hydrogens is 568 g/mol. The van der Waals surface area contributed by atoms with Crippen molar-refractivity contribution in [3.05, 3.63) is 174 Å². The van der Waals surface area contributed by atoms with Crippen LogP contribution >= 0.6 is 0 Å². The first-order valence-electron chi connectivity index (χ1n) is 15.6. The quantitative estimate of drug-likeness (QED) is 0.137. The summed E-state index contributed by atoms with van der Waals surface area (Å²) in [5.74, 6) is 1.42. The number of allylic oxidation sites excluding steroid dienone is 5. The topological polar surface area (TPSA) is 58.9 Å². The maximum atomic E-state index is 9.96. The lowest BCUT2D eigenvalue weighted by Crippen LogP contribution is -2.30. The third-order valence-electron chi connectivity index (χ3n) is 8.59. The summed E-state index contributed by atoms with van der Waals surface area (Å²) in [6.45, 7) is 6.02. The zero-order chi connectivity index (χ0) is 31.9. The molecule has 0 heterocycles. The highest BCUT2D eigenvalue weighted by Gasteiger charge is 2.48. The molecule has 0 unspecified atom stereocenters. The van der Waals surface area contributed by atoms with Gasteiger partial charge in [-0.3, -0.25) is 0 Å². The van der Waals surface area contributed by atoms with Crippen LogP contribution in [0.3, 0.4) is 0 Å². The molecule has 4 nitrogen and oxygen atoms in total. The maximum absolute atomic E-state index is 9.96. The van der Waals surface area contributed by atoms with Crippen molar-refractivity contribution in [2.45, 2.75) is 12.3 Å². The Labute approximate surface area is 271 Å². The second-order valence-corrected chi connectivity index (χ2v) is 11.1. The van der Waals surface area contributed by atoms with Gasteiger partial charge < -0.3 is 19.7 Å². The molecule has 5 aromatic carbocycles. The summed E-state index contributed by atoms with van der Waals surface area (Å²) in [5.41, 5.74) is 9.75. The third-order valence-corrected chi connectivity index (χ3v) is 8.59. The molecule has 0 amide bonds.